The van der Waals surface area contributed by atoms with Gasteiger partial charge in [0.25, 0.3) is 5.91 Å². The second-order valence-electron chi connectivity index (χ2n) is 8.71. The Morgan fingerprint density at radius 3 is 1.68 bits per heavy atom. The number of aromatic nitrogens is 1. The second kappa shape index (κ2) is 12.1. The summed E-state index contributed by atoms with van der Waals surface area (Å²) in [6, 6.07) is 14.0. The summed E-state index contributed by atoms with van der Waals surface area (Å²) in [5, 5.41) is 3.08. The monoisotopic (exact) mass is 514 g/mol. The van der Waals surface area contributed by atoms with E-state index in [9.17, 15) is 9.59 Å². The summed E-state index contributed by atoms with van der Waals surface area (Å²) < 4.78 is 21.5. The van der Waals surface area contributed by atoms with E-state index in [2.05, 4.69) is 10.3 Å². The largest absolute Gasteiger partial charge is 0.493 e. The molecular weight excluding hydrogens is 484 g/mol. The number of pyridine rings is 1. The minimum Gasteiger partial charge on any atom is -0.493 e. The molecule has 0 radical (unpaired) electrons. The molecule has 0 saturated heterocycles. The molecule has 1 aliphatic rings. The van der Waals surface area contributed by atoms with Crippen molar-refractivity contribution in [2.24, 2.45) is 0 Å². The number of Topliss-reactive ketones (excluding diaryl/α,β-unsaturated/α-hetero) is 1. The molecule has 0 bridgehead atoms. The molecule has 0 spiro atoms. The summed E-state index contributed by atoms with van der Waals surface area (Å²) in [4.78, 5) is 30.5. The predicted octanol–water partition coefficient (Wildman–Crippen LogP) is 4.74. The van der Waals surface area contributed by atoms with Crippen LogP contribution in [0.1, 0.15) is 34.3 Å². The molecule has 3 aromatic rings. The first-order valence-electron chi connectivity index (χ1n) is 12.1. The van der Waals surface area contributed by atoms with Gasteiger partial charge >= 0.3 is 0 Å². The average Bonchev–Trinajstić information content (AvgIpc) is 2.95. The van der Waals surface area contributed by atoms with Gasteiger partial charge < -0.3 is 24.3 Å². The first kappa shape index (κ1) is 26.5. The maximum Gasteiger partial charge on any atom is 0.251 e. The van der Waals surface area contributed by atoms with Gasteiger partial charge in [-0.25, -0.2) is 0 Å². The van der Waals surface area contributed by atoms with Crippen molar-refractivity contribution >= 4 is 23.8 Å². The van der Waals surface area contributed by atoms with Crippen LogP contribution in [0.5, 0.6) is 23.0 Å². The predicted molar refractivity (Wildman–Crippen MR) is 145 cm³/mol. The Bertz CT molecular complexity index is 1300. The van der Waals surface area contributed by atoms with Gasteiger partial charge in [-0.05, 0) is 72.5 Å². The van der Waals surface area contributed by atoms with Crippen molar-refractivity contribution < 1.29 is 28.5 Å². The summed E-state index contributed by atoms with van der Waals surface area (Å²) in [6.45, 7) is 0. The van der Waals surface area contributed by atoms with Crippen molar-refractivity contribution in [2.75, 3.05) is 28.4 Å². The van der Waals surface area contributed by atoms with E-state index in [-0.39, 0.29) is 17.7 Å². The molecule has 1 aliphatic carbocycles. The molecule has 1 fully saturated rings. The van der Waals surface area contributed by atoms with E-state index in [1.165, 1.54) is 0 Å². The number of amides is 1. The minimum absolute atomic E-state index is 0.0796. The smallest absolute Gasteiger partial charge is 0.251 e. The Morgan fingerprint density at radius 2 is 1.24 bits per heavy atom. The molecule has 0 atom stereocenters. The van der Waals surface area contributed by atoms with Crippen LogP contribution in [-0.2, 0) is 4.79 Å². The van der Waals surface area contributed by atoms with Gasteiger partial charge in [-0.3, -0.25) is 14.6 Å². The van der Waals surface area contributed by atoms with Crippen molar-refractivity contribution in [3.05, 3.63) is 88.8 Å². The van der Waals surface area contributed by atoms with Crippen LogP contribution in [0, 0.1) is 0 Å². The topological polar surface area (TPSA) is 96.0 Å². The number of rotatable bonds is 8. The highest BCUT2D eigenvalue weighted by Gasteiger charge is 2.29. The first-order valence-corrected chi connectivity index (χ1v) is 12.1. The Balaban J connectivity index is 1.70. The number of carbonyl (C=O) groups is 2. The van der Waals surface area contributed by atoms with Crippen LogP contribution >= 0.6 is 0 Å². The third-order valence-corrected chi connectivity index (χ3v) is 6.29. The number of benzene rings is 2. The molecule has 1 saturated carbocycles. The summed E-state index contributed by atoms with van der Waals surface area (Å²) >= 11 is 0. The quantitative estimate of drug-likeness (QED) is 0.434. The van der Waals surface area contributed by atoms with Gasteiger partial charge in [-0.1, -0.05) is 12.1 Å². The van der Waals surface area contributed by atoms with Crippen LogP contribution in [-0.4, -0.2) is 51.2 Å². The van der Waals surface area contributed by atoms with Crippen molar-refractivity contribution in [1.82, 2.24) is 10.3 Å². The molecule has 1 amide bonds. The molecule has 4 rings (SSSR count). The Kier molecular flexibility index (Phi) is 8.43. The molecule has 1 N–H and O–H groups in total. The van der Waals surface area contributed by atoms with Crippen LogP contribution in [0.4, 0.5) is 0 Å². The van der Waals surface area contributed by atoms with Gasteiger partial charge in [0, 0.05) is 35.1 Å². The van der Waals surface area contributed by atoms with Crippen molar-refractivity contribution in [3.8, 4) is 23.0 Å². The van der Waals surface area contributed by atoms with Gasteiger partial charge in [0.05, 0.1) is 28.4 Å². The minimum atomic E-state index is -0.286. The van der Waals surface area contributed by atoms with Gasteiger partial charge in [0.1, 0.15) is 0 Å². The van der Waals surface area contributed by atoms with E-state index in [1.54, 1.807) is 65.1 Å². The zero-order chi connectivity index (χ0) is 27.1. The van der Waals surface area contributed by atoms with E-state index in [1.807, 2.05) is 36.4 Å². The second-order valence-corrected chi connectivity index (χ2v) is 8.71. The molecule has 8 heteroatoms. The number of ketones is 1. The number of hydrogen-bond acceptors (Lipinski definition) is 7. The van der Waals surface area contributed by atoms with Crippen molar-refractivity contribution in [1.29, 1.82) is 0 Å². The molecule has 2 aromatic carbocycles. The zero-order valence-electron chi connectivity index (χ0n) is 21.8. The van der Waals surface area contributed by atoms with Crippen molar-refractivity contribution in [3.63, 3.8) is 0 Å². The highest BCUT2D eigenvalue weighted by molar-refractivity contribution is 6.14. The third-order valence-electron chi connectivity index (χ3n) is 6.29. The molecule has 0 unspecified atom stereocenters. The highest BCUT2D eigenvalue weighted by atomic mass is 16.5. The molecular formula is C30H30N2O6. The van der Waals surface area contributed by atoms with Crippen molar-refractivity contribution in [2.45, 2.75) is 18.9 Å². The average molecular weight is 515 g/mol. The Morgan fingerprint density at radius 1 is 0.763 bits per heavy atom. The molecule has 196 valence electrons. The maximum atomic E-state index is 13.6. The van der Waals surface area contributed by atoms with Gasteiger partial charge in [0.15, 0.2) is 28.8 Å². The van der Waals surface area contributed by atoms with Crippen LogP contribution in [0.3, 0.4) is 0 Å². The lowest BCUT2D eigenvalue weighted by atomic mass is 9.83. The summed E-state index contributed by atoms with van der Waals surface area (Å²) in [5.41, 5.74) is 3.24. The fraction of sp³-hybridized carbons (Fsp3) is 0.233. The number of nitrogens with zero attached hydrogens (tertiary/aromatic N) is 1. The summed E-state index contributed by atoms with van der Waals surface area (Å²) in [6.07, 6.45) is 7.57. The third kappa shape index (κ3) is 6.03. The lowest BCUT2D eigenvalue weighted by Gasteiger charge is -2.27. The zero-order valence-corrected chi connectivity index (χ0v) is 21.8. The fourth-order valence-corrected chi connectivity index (χ4v) is 4.41. The number of ether oxygens (including phenoxy) is 4. The first-order chi connectivity index (χ1) is 18.4. The number of nitrogens with one attached hydrogen (secondary N) is 1. The summed E-state index contributed by atoms with van der Waals surface area (Å²) in [7, 11) is 6.27. The lowest BCUT2D eigenvalue weighted by Crippen LogP contribution is -2.39. The van der Waals surface area contributed by atoms with E-state index >= 15 is 0 Å². The Hall–Kier alpha value is -4.59. The standard InChI is InChI=1S/C30H30N2O6/c1-35-25-7-5-19(15-27(25)37-3)13-22-17-24(32-30(34)21-9-11-31-12-10-21)18-23(29(22)33)14-20-6-8-26(36-2)28(16-20)38-4/h5-16,24H,17-18H2,1-4H3,(H,32,34)/b22-13+,23-14+. The normalized spacial score (nSPS) is 17.3. The van der Waals surface area contributed by atoms with Crippen LogP contribution in [0.15, 0.2) is 72.1 Å². The number of methoxy groups -OCH3 is 4. The fourth-order valence-electron chi connectivity index (χ4n) is 4.41. The van der Waals surface area contributed by atoms with E-state index in [0.29, 0.717) is 52.5 Å². The molecule has 1 heterocycles. The summed E-state index contributed by atoms with van der Waals surface area (Å²) in [5.74, 6) is 2.02. The highest BCUT2D eigenvalue weighted by Crippen LogP contribution is 2.33. The lowest BCUT2D eigenvalue weighted by molar-refractivity contribution is -0.113. The van der Waals surface area contributed by atoms with E-state index in [0.717, 1.165) is 11.1 Å². The van der Waals surface area contributed by atoms with Crippen LogP contribution in [0.25, 0.3) is 12.2 Å². The van der Waals surface area contributed by atoms with Gasteiger partial charge in [0.2, 0.25) is 0 Å². The Labute approximate surface area is 221 Å². The molecule has 38 heavy (non-hydrogen) atoms. The molecule has 8 nitrogen and oxygen atoms in total. The number of hydrogen-bond donors (Lipinski definition) is 1. The van der Waals surface area contributed by atoms with Crippen LogP contribution < -0.4 is 24.3 Å². The van der Waals surface area contributed by atoms with E-state index < -0.39 is 0 Å². The van der Waals surface area contributed by atoms with E-state index in [4.69, 9.17) is 18.9 Å². The van der Waals surface area contributed by atoms with Crippen LogP contribution in [0.2, 0.25) is 0 Å². The number of carbonyl (C=O) groups excluding carboxylic acids is 2. The maximum absolute atomic E-state index is 13.6. The molecule has 1 aromatic heterocycles. The SMILES string of the molecule is COc1ccc(/C=C2\CC(NC(=O)c3ccncc3)C/C(=C\c3ccc(OC)c(OC)c3)C2=O)cc1OC. The molecule has 0 aliphatic heterocycles. The van der Waals surface area contributed by atoms with Gasteiger partial charge in [-0.2, -0.15) is 0 Å². The van der Waals surface area contributed by atoms with Gasteiger partial charge in [-0.15, -0.1) is 0 Å².